The highest BCUT2D eigenvalue weighted by Gasteiger charge is 2.10. The minimum atomic E-state index is -0.0206. The average Bonchev–Trinajstić information content (AvgIpc) is 2.48. The molecule has 0 aliphatic heterocycles. The predicted molar refractivity (Wildman–Crippen MR) is 83.2 cm³/mol. The maximum atomic E-state index is 11.7. The highest BCUT2D eigenvalue weighted by Crippen LogP contribution is 2.26. The molecule has 2 rings (SSSR count). The molecule has 0 amide bonds. The molecule has 0 bridgehead atoms. The Bertz CT molecular complexity index is 660. The van der Waals surface area contributed by atoms with E-state index in [1.807, 2.05) is 6.07 Å². The summed E-state index contributed by atoms with van der Waals surface area (Å²) in [5.41, 5.74) is 4.13. The van der Waals surface area contributed by atoms with Gasteiger partial charge in [0.25, 0.3) is 0 Å². The molecule has 0 heterocycles. The lowest BCUT2D eigenvalue weighted by molar-refractivity contribution is 0.101. The molecule has 3 nitrogen and oxygen atoms in total. The molecular weight excluding hydrogens is 264 g/mol. The smallest absolute Gasteiger partial charge is 0.163 e. The monoisotopic (exact) mass is 284 g/mol. The summed E-state index contributed by atoms with van der Waals surface area (Å²) >= 11 is 0. The van der Waals surface area contributed by atoms with Crippen molar-refractivity contribution in [2.45, 2.75) is 27.4 Å². The Morgan fingerprint density at radius 3 is 2.43 bits per heavy atom. The largest absolute Gasteiger partial charge is 0.497 e. The van der Waals surface area contributed by atoms with E-state index in [-0.39, 0.29) is 5.78 Å². The number of hydrogen-bond donors (Lipinski definition) is 0. The van der Waals surface area contributed by atoms with Gasteiger partial charge in [-0.2, -0.15) is 0 Å². The number of carbonyl (C=O) groups excluding carboxylic acids is 1. The van der Waals surface area contributed by atoms with E-state index in [2.05, 4.69) is 26.0 Å². The van der Waals surface area contributed by atoms with Crippen LogP contribution in [-0.4, -0.2) is 12.9 Å². The lowest BCUT2D eigenvalue weighted by Gasteiger charge is -2.12. The van der Waals surface area contributed by atoms with Gasteiger partial charge in [-0.15, -0.1) is 0 Å². The molecule has 0 aliphatic carbocycles. The Morgan fingerprint density at radius 2 is 1.81 bits per heavy atom. The molecule has 0 atom stereocenters. The molecule has 2 aromatic carbocycles. The maximum Gasteiger partial charge on any atom is 0.163 e. The number of aryl methyl sites for hydroxylation is 2. The predicted octanol–water partition coefficient (Wildman–Crippen LogP) is 4.09. The first-order valence-corrected chi connectivity index (χ1v) is 6.89. The van der Waals surface area contributed by atoms with Crippen molar-refractivity contribution in [1.29, 1.82) is 0 Å². The summed E-state index contributed by atoms with van der Waals surface area (Å²) in [6.45, 7) is 6.11. The number of Topliss-reactive ketones (excluding diaryl/α,β-unsaturated/α-hetero) is 1. The van der Waals surface area contributed by atoms with E-state index in [0.29, 0.717) is 23.7 Å². The SMILES string of the molecule is COc1ccc(C(C)=O)c(OCc2ccc(C)c(C)c2)c1. The second-order valence-corrected chi connectivity index (χ2v) is 5.13. The molecule has 0 spiro atoms. The van der Waals surface area contributed by atoms with Crippen molar-refractivity contribution in [2.24, 2.45) is 0 Å². The van der Waals surface area contributed by atoms with Crippen LogP contribution in [0.1, 0.15) is 34.0 Å². The Hall–Kier alpha value is -2.29. The first-order valence-electron chi connectivity index (χ1n) is 6.89. The first kappa shape index (κ1) is 15.1. The molecule has 0 saturated carbocycles. The van der Waals surface area contributed by atoms with E-state index < -0.39 is 0 Å². The van der Waals surface area contributed by atoms with Crippen LogP contribution in [0.25, 0.3) is 0 Å². The number of ketones is 1. The van der Waals surface area contributed by atoms with E-state index in [1.165, 1.54) is 18.1 Å². The Morgan fingerprint density at radius 1 is 1.05 bits per heavy atom. The van der Waals surface area contributed by atoms with Crippen LogP contribution in [-0.2, 0) is 6.61 Å². The summed E-state index contributed by atoms with van der Waals surface area (Å²) in [5.74, 6) is 1.21. The number of hydrogen-bond acceptors (Lipinski definition) is 3. The van der Waals surface area contributed by atoms with Crippen LogP contribution >= 0.6 is 0 Å². The van der Waals surface area contributed by atoms with Crippen LogP contribution in [0, 0.1) is 13.8 Å². The summed E-state index contributed by atoms with van der Waals surface area (Å²) in [7, 11) is 1.59. The molecule has 21 heavy (non-hydrogen) atoms. The van der Waals surface area contributed by atoms with Gasteiger partial charge in [-0.1, -0.05) is 18.2 Å². The van der Waals surface area contributed by atoms with E-state index >= 15 is 0 Å². The van der Waals surface area contributed by atoms with Crippen molar-refractivity contribution in [3.63, 3.8) is 0 Å². The zero-order chi connectivity index (χ0) is 15.4. The second-order valence-electron chi connectivity index (χ2n) is 5.13. The molecule has 0 saturated heterocycles. The maximum absolute atomic E-state index is 11.7. The van der Waals surface area contributed by atoms with Crippen molar-refractivity contribution < 1.29 is 14.3 Å². The number of benzene rings is 2. The van der Waals surface area contributed by atoms with Gasteiger partial charge in [0.05, 0.1) is 12.7 Å². The van der Waals surface area contributed by atoms with E-state index in [4.69, 9.17) is 9.47 Å². The van der Waals surface area contributed by atoms with Gasteiger partial charge in [0, 0.05) is 6.07 Å². The van der Waals surface area contributed by atoms with Gasteiger partial charge in [0.2, 0.25) is 0 Å². The van der Waals surface area contributed by atoms with Gasteiger partial charge < -0.3 is 9.47 Å². The van der Waals surface area contributed by atoms with Gasteiger partial charge in [0.15, 0.2) is 5.78 Å². The fraction of sp³-hybridized carbons (Fsp3) is 0.278. The number of carbonyl (C=O) groups is 1. The van der Waals surface area contributed by atoms with Gasteiger partial charge in [-0.3, -0.25) is 4.79 Å². The van der Waals surface area contributed by atoms with Crippen LogP contribution in [0.5, 0.6) is 11.5 Å². The van der Waals surface area contributed by atoms with Crippen molar-refractivity contribution >= 4 is 5.78 Å². The number of rotatable bonds is 5. The first-order chi connectivity index (χ1) is 10.0. The van der Waals surface area contributed by atoms with Crippen LogP contribution in [0.4, 0.5) is 0 Å². The van der Waals surface area contributed by atoms with Crippen molar-refractivity contribution in [2.75, 3.05) is 7.11 Å². The number of ether oxygens (including phenoxy) is 2. The van der Waals surface area contributed by atoms with Gasteiger partial charge in [0.1, 0.15) is 18.1 Å². The molecule has 0 radical (unpaired) electrons. The second kappa shape index (κ2) is 6.44. The summed E-state index contributed by atoms with van der Waals surface area (Å²) in [5, 5.41) is 0. The van der Waals surface area contributed by atoms with Crippen molar-refractivity contribution in [3.05, 3.63) is 58.7 Å². The lowest BCUT2D eigenvalue weighted by Crippen LogP contribution is -2.02. The molecule has 0 fully saturated rings. The highest BCUT2D eigenvalue weighted by atomic mass is 16.5. The summed E-state index contributed by atoms with van der Waals surface area (Å²) in [6, 6.07) is 11.5. The topological polar surface area (TPSA) is 35.5 Å². The highest BCUT2D eigenvalue weighted by molar-refractivity contribution is 5.97. The Kier molecular flexibility index (Phi) is 4.63. The van der Waals surface area contributed by atoms with Crippen LogP contribution < -0.4 is 9.47 Å². The quantitative estimate of drug-likeness (QED) is 0.776. The third-order valence-corrected chi connectivity index (χ3v) is 3.53. The zero-order valence-corrected chi connectivity index (χ0v) is 12.9. The standard InChI is InChI=1S/C18H20O3/c1-12-5-6-15(9-13(12)2)11-21-18-10-16(20-4)7-8-17(18)14(3)19/h5-10H,11H2,1-4H3. The van der Waals surface area contributed by atoms with Crippen molar-refractivity contribution in [1.82, 2.24) is 0 Å². The van der Waals surface area contributed by atoms with Crippen LogP contribution in [0.3, 0.4) is 0 Å². The van der Waals surface area contributed by atoms with Gasteiger partial charge in [-0.05, 0) is 49.6 Å². The van der Waals surface area contributed by atoms with Gasteiger partial charge in [-0.25, -0.2) is 0 Å². The third-order valence-electron chi connectivity index (χ3n) is 3.53. The molecule has 2 aromatic rings. The molecule has 0 unspecified atom stereocenters. The molecule has 0 N–H and O–H groups in total. The minimum Gasteiger partial charge on any atom is -0.497 e. The fourth-order valence-corrected chi connectivity index (χ4v) is 2.09. The summed E-state index contributed by atoms with van der Waals surface area (Å²) in [6.07, 6.45) is 0. The van der Waals surface area contributed by atoms with Crippen LogP contribution in [0.15, 0.2) is 36.4 Å². The lowest BCUT2D eigenvalue weighted by atomic mass is 10.1. The third kappa shape index (κ3) is 3.63. The number of methoxy groups -OCH3 is 1. The van der Waals surface area contributed by atoms with E-state index in [9.17, 15) is 4.79 Å². The zero-order valence-electron chi connectivity index (χ0n) is 12.9. The van der Waals surface area contributed by atoms with Gasteiger partial charge >= 0.3 is 0 Å². The molecular formula is C18H20O3. The minimum absolute atomic E-state index is 0.0206. The molecule has 0 aromatic heterocycles. The van der Waals surface area contributed by atoms with Crippen molar-refractivity contribution in [3.8, 4) is 11.5 Å². The molecule has 110 valence electrons. The van der Waals surface area contributed by atoms with E-state index in [1.54, 1.807) is 25.3 Å². The fourth-order valence-electron chi connectivity index (χ4n) is 2.09. The Labute approximate surface area is 125 Å². The summed E-state index contributed by atoms with van der Waals surface area (Å²) in [4.78, 5) is 11.7. The summed E-state index contributed by atoms with van der Waals surface area (Å²) < 4.78 is 11.0. The molecule has 0 aliphatic rings. The Balaban J connectivity index is 2.21. The molecule has 3 heteroatoms. The van der Waals surface area contributed by atoms with E-state index in [0.717, 1.165) is 5.56 Å². The average molecular weight is 284 g/mol. The van der Waals surface area contributed by atoms with Crippen LogP contribution in [0.2, 0.25) is 0 Å². The normalized spacial score (nSPS) is 10.3.